The number of nitrogens with zero attached hydrogens (tertiary/aromatic N) is 3. The number of aromatic nitrogens is 1. The highest BCUT2D eigenvalue weighted by atomic mass is 19.4. The van der Waals surface area contributed by atoms with Crippen molar-refractivity contribution in [1.29, 1.82) is 5.26 Å². The van der Waals surface area contributed by atoms with E-state index in [9.17, 15) is 13.2 Å². The maximum atomic E-state index is 13.7. The number of nitriles is 1. The monoisotopic (exact) mass is 416 g/mol. The number of alkyl halides is 3. The maximum absolute atomic E-state index is 13.7. The van der Waals surface area contributed by atoms with Crippen molar-refractivity contribution < 1.29 is 13.2 Å². The predicted molar refractivity (Wildman–Crippen MR) is 109 cm³/mol. The molecular formula is C23H27F3N4. The summed E-state index contributed by atoms with van der Waals surface area (Å²) in [6.45, 7) is 4.77. The minimum absolute atomic E-state index is 0.257. The van der Waals surface area contributed by atoms with Crippen LogP contribution in [0.25, 0.3) is 0 Å². The lowest BCUT2D eigenvalue weighted by Gasteiger charge is -2.40. The Morgan fingerprint density at radius 1 is 1.20 bits per heavy atom. The van der Waals surface area contributed by atoms with Crippen LogP contribution < -0.4 is 5.73 Å². The Bertz CT molecular complexity index is 887. The number of benzene rings is 1. The summed E-state index contributed by atoms with van der Waals surface area (Å²) >= 11 is 0. The van der Waals surface area contributed by atoms with Gasteiger partial charge in [-0.3, -0.25) is 9.88 Å². The van der Waals surface area contributed by atoms with E-state index in [1.54, 1.807) is 30.5 Å². The molecule has 160 valence electrons. The molecule has 1 aromatic heterocycles. The summed E-state index contributed by atoms with van der Waals surface area (Å²) in [5.41, 5.74) is 6.53. The zero-order valence-corrected chi connectivity index (χ0v) is 17.3. The van der Waals surface area contributed by atoms with E-state index in [1.807, 2.05) is 32.0 Å². The summed E-state index contributed by atoms with van der Waals surface area (Å²) < 4.78 is 41.2. The summed E-state index contributed by atoms with van der Waals surface area (Å²) in [5.74, 6) is 0. The summed E-state index contributed by atoms with van der Waals surface area (Å²) in [6.07, 6.45) is -1.58. The van der Waals surface area contributed by atoms with Gasteiger partial charge in [0.05, 0.1) is 22.9 Å². The third-order valence-corrected chi connectivity index (χ3v) is 6.47. The van der Waals surface area contributed by atoms with Crippen molar-refractivity contribution in [2.24, 2.45) is 11.1 Å². The van der Waals surface area contributed by atoms with Crippen LogP contribution in [0.2, 0.25) is 0 Å². The molecule has 2 aromatic rings. The molecule has 1 aliphatic heterocycles. The van der Waals surface area contributed by atoms with Gasteiger partial charge in [-0.05, 0) is 69.5 Å². The molecule has 0 bridgehead atoms. The minimum Gasteiger partial charge on any atom is -0.320 e. The zero-order chi connectivity index (χ0) is 22.0. The van der Waals surface area contributed by atoms with Crippen molar-refractivity contribution >= 4 is 0 Å². The smallest absolute Gasteiger partial charge is 0.320 e. The van der Waals surface area contributed by atoms with Crippen LogP contribution >= 0.6 is 0 Å². The van der Waals surface area contributed by atoms with Gasteiger partial charge in [-0.25, -0.2) is 0 Å². The van der Waals surface area contributed by atoms with E-state index < -0.39 is 23.2 Å². The summed E-state index contributed by atoms with van der Waals surface area (Å²) in [7, 11) is 0. The van der Waals surface area contributed by atoms with Gasteiger partial charge in [0.2, 0.25) is 0 Å². The molecule has 2 heterocycles. The van der Waals surface area contributed by atoms with Crippen molar-refractivity contribution in [3.05, 3.63) is 65.5 Å². The lowest BCUT2D eigenvalue weighted by Crippen LogP contribution is -2.54. The van der Waals surface area contributed by atoms with Crippen LogP contribution in [-0.4, -0.2) is 35.2 Å². The molecule has 1 saturated heterocycles. The molecule has 0 aliphatic carbocycles. The SMILES string of the molecule is CC(C)(c1ccccn1)N1CC[C@@](CCc2ccc(C#N)cc2)(C(N)C(F)(F)F)C1. The van der Waals surface area contributed by atoms with Gasteiger partial charge in [0.25, 0.3) is 0 Å². The van der Waals surface area contributed by atoms with Crippen molar-refractivity contribution in [1.82, 2.24) is 9.88 Å². The summed E-state index contributed by atoms with van der Waals surface area (Å²) in [5, 5.41) is 8.93. The minimum atomic E-state index is -4.46. The van der Waals surface area contributed by atoms with E-state index >= 15 is 0 Å². The highest BCUT2D eigenvalue weighted by Crippen LogP contribution is 2.46. The van der Waals surface area contributed by atoms with E-state index in [-0.39, 0.29) is 6.54 Å². The molecule has 1 unspecified atom stereocenters. The molecule has 7 heteroatoms. The molecule has 2 atom stereocenters. The van der Waals surface area contributed by atoms with E-state index in [4.69, 9.17) is 11.0 Å². The van der Waals surface area contributed by atoms with Crippen molar-refractivity contribution in [2.45, 2.75) is 50.9 Å². The molecule has 0 saturated carbocycles. The highest BCUT2D eigenvalue weighted by Gasteiger charge is 2.55. The van der Waals surface area contributed by atoms with Gasteiger partial charge in [0, 0.05) is 18.2 Å². The van der Waals surface area contributed by atoms with E-state index in [0.29, 0.717) is 31.4 Å². The lowest BCUT2D eigenvalue weighted by atomic mass is 9.74. The van der Waals surface area contributed by atoms with Crippen LogP contribution in [0.4, 0.5) is 13.2 Å². The number of pyridine rings is 1. The summed E-state index contributed by atoms with van der Waals surface area (Å²) in [6, 6.07) is 12.8. The van der Waals surface area contributed by atoms with E-state index in [2.05, 4.69) is 16.0 Å². The van der Waals surface area contributed by atoms with E-state index in [0.717, 1.165) is 11.3 Å². The first-order chi connectivity index (χ1) is 14.1. The first-order valence-electron chi connectivity index (χ1n) is 10.1. The summed E-state index contributed by atoms with van der Waals surface area (Å²) in [4.78, 5) is 6.49. The van der Waals surface area contributed by atoms with Gasteiger partial charge in [0.1, 0.15) is 6.04 Å². The second kappa shape index (κ2) is 8.37. The third kappa shape index (κ3) is 4.50. The first-order valence-corrected chi connectivity index (χ1v) is 10.1. The fourth-order valence-electron chi connectivity index (χ4n) is 4.36. The molecule has 4 nitrogen and oxygen atoms in total. The largest absolute Gasteiger partial charge is 0.404 e. The molecule has 30 heavy (non-hydrogen) atoms. The van der Waals surface area contributed by atoms with Crippen LogP contribution in [0.1, 0.15) is 43.5 Å². The van der Waals surface area contributed by atoms with Gasteiger partial charge in [-0.2, -0.15) is 18.4 Å². The molecule has 0 radical (unpaired) electrons. The zero-order valence-electron chi connectivity index (χ0n) is 17.3. The Kier molecular flexibility index (Phi) is 6.21. The predicted octanol–water partition coefficient (Wildman–Crippen LogP) is 4.40. The molecule has 1 aromatic carbocycles. The second-order valence-electron chi connectivity index (χ2n) is 8.64. The molecule has 3 rings (SSSR count). The van der Waals surface area contributed by atoms with Crippen molar-refractivity contribution in [2.75, 3.05) is 13.1 Å². The molecule has 1 fully saturated rings. The Balaban J connectivity index is 1.83. The van der Waals surface area contributed by atoms with Gasteiger partial charge in [-0.15, -0.1) is 0 Å². The van der Waals surface area contributed by atoms with Crippen LogP contribution in [-0.2, 0) is 12.0 Å². The molecular weight excluding hydrogens is 389 g/mol. The van der Waals surface area contributed by atoms with Crippen LogP contribution in [0.3, 0.4) is 0 Å². The number of halogens is 3. The number of aryl methyl sites for hydroxylation is 1. The number of hydrogen-bond donors (Lipinski definition) is 1. The quantitative estimate of drug-likeness (QED) is 0.758. The maximum Gasteiger partial charge on any atom is 0.404 e. The number of hydrogen-bond acceptors (Lipinski definition) is 4. The fraction of sp³-hybridized carbons (Fsp3) is 0.478. The molecule has 2 N–H and O–H groups in total. The second-order valence-corrected chi connectivity index (χ2v) is 8.64. The van der Waals surface area contributed by atoms with Gasteiger partial charge >= 0.3 is 6.18 Å². The Morgan fingerprint density at radius 2 is 1.90 bits per heavy atom. The van der Waals surface area contributed by atoms with Gasteiger partial charge in [0.15, 0.2) is 0 Å². The van der Waals surface area contributed by atoms with Crippen molar-refractivity contribution in [3.8, 4) is 6.07 Å². The molecule has 0 spiro atoms. The van der Waals surface area contributed by atoms with Crippen LogP contribution in [0.5, 0.6) is 0 Å². The molecule has 0 amide bonds. The van der Waals surface area contributed by atoms with Crippen LogP contribution in [0.15, 0.2) is 48.7 Å². The number of likely N-dealkylation sites (tertiary alicyclic amines) is 1. The average Bonchev–Trinajstić information content (AvgIpc) is 3.18. The Labute approximate surface area is 175 Å². The fourth-order valence-corrected chi connectivity index (χ4v) is 4.36. The Morgan fingerprint density at radius 3 is 2.47 bits per heavy atom. The standard InChI is InChI=1S/C23H27F3N4/c1-21(2,19-5-3-4-13-29-19)30-14-12-22(16-30,20(28)23(24,25)26)11-10-17-6-8-18(15-27)9-7-17/h3-9,13,20H,10-12,14,16,28H2,1-2H3/t20?,22-/m1/s1. The van der Waals surface area contributed by atoms with Crippen molar-refractivity contribution in [3.63, 3.8) is 0 Å². The Hall–Kier alpha value is -2.43. The average molecular weight is 416 g/mol. The topological polar surface area (TPSA) is 65.9 Å². The van der Waals surface area contributed by atoms with Crippen LogP contribution in [0, 0.1) is 16.7 Å². The van der Waals surface area contributed by atoms with Gasteiger partial charge < -0.3 is 5.73 Å². The third-order valence-electron chi connectivity index (χ3n) is 6.47. The highest BCUT2D eigenvalue weighted by molar-refractivity contribution is 5.31. The lowest BCUT2D eigenvalue weighted by molar-refractivity contribution is -0.174. The number of rotatable bonds is 6. The first kappa shape index (κ1) is 22.3. The number of nitrogens with two attached hydrogens (primary N) is 1. The normalized spacial score (nSPS) is 21.4. The van der Waals surface area contributed by atoms with E-state index in [1.165, 1.54) is 0 Å². The molecule has 1 aliphatic rings. The van der Waals surface area contributed by atoms with Gasteiger partial charge in [-0.1, -0.05) is 18.2 Å².